The van der Waals surface area contributed by atoms with Gasteiger partial charge in [-0.15, -0.1) is 0 Å². The van der Waals surface area contributed by atoms with E-state index in [1.165, 1.54) is 6.33 Å². The number of rotatable bonds is 5. The second kappa shape index (κ2) is 8.35. The van der Waals surface area contributed by atoms with Gasteiger partial charge in [-0.1, -0.05) is 32.0 Å². The lowest BCUT2D eigenvalue weighted by Crippen LogP contribution is -2.52. The van der Waals surface area contributed by atoms with Crippen molar-refractivity contribution in [1.29, 1.82) is 0 Å². The van der Waals surface area contributed by atoms with Crippen molar-refractivity contribution in [1.82, 2.24) is 29.7 Å². The Hall–Kier alpha value is -3.53. The lowest BCUT2D eigenvalue weighted by atomic mass is 9.88. The number of likely N-dealkylation sites (tertiary alicyclic amines) is 1. The summed E-state index contributed by atoms with van der Waals surface area (Å²) in [5.41, 5.74) is 1.10. The summed E-state index contributed by atoms with van der Waals surface area (Å²) in [5, 5.41) is 5.85. The van der Waals surface area contributed by atoms with Crippen LogP contribution in [0.2, 0.25) is 0 Å². The molecule has 10 nitrogen and oxygen atoms in total. The van der Waals surface area contributed by atoms with Gasteiger partial charge in [-0.05, 0) is 32.4 Å². The summed E-state index contributed by atoms with van der Waals surface area (Å²) in [6, 6.07) is 8.70. The second-order valence-corrected chi connectivity index (χ2v) is 9.30. The summed E-state index contributed by atoms with van der Waals surface area (Å²) in [4.78, 5) is 40.8. The largest absolute Gasteiger partial charge is 0.347 e. The third kappa shape index (κ3) is 3.49. The number of hydrogen-bond donors (Lipinski definition) is 2. The molecule has 2 aromatic heterocycles. The Labute approximate surface area is 197 Å². The van der Waals surface area contributed by atoms with Crippen LogP contribution in [0.4, 0.5) is 10.6 Å². The summed E-state index contributed by atoms with van der Waals surface area (Å²) in [6.45, 7) is 8.67. The van der Waals surface area contributed by atoms with Gasteiger partial charge in [0.1, 0.15) is 6.33 Å². The van der Waals surface area contributed by atoms with Crippen LogP contribution in [-0.2, 0) is 4.74 Å². The number of urea groups is 1. The van der Waals surface area contributed by atoms with E-state index >= 15 is 0 Å². The van der Waals surface area contributed by atoms with Gasteiger partial charge < -0.3 is 20.3 Å². The van der Waals surface area contributed by atoms with Gasteiger partial charge in [0, 0.05) is 17.5 Å². The molecule has 4 atom stereocenters. The molecule has 3 aromatic rings. The summed E-state index contributed by atoms with van der Waals surface area (Å²) in [7, 11) is 0. The summed E-state index contributed by atoms with van der Waals surface area (Å²) >= 11 is 0. The second-order valence-electron chi connectivity index (χ2n) is 9.30. The number of morpholine rings is 1. The molecule has 3 amide bonds. The van der Waals surface area contributed by atoms with Crippen LogP contribution in [0.15, 0.2) is 43.0 Å². The highest BCUT2D eigenvalue weighted by molar-refractivity contribution is 6.06. The molecule has 2 aliphatic heterocycles. The number of ether oxygens (including phenoxy) is 1. The van der Waals surface area contributed by atoms with Crippen LogP contribution in [0.3, 0.4) is 0 Å². The standard InChI is InChI=1S/C24H29N7O3/c1-5-24-11-30(23(33)28-14(2)3)18(15(24)4)22(34-24)31-13-27-17-19(25-12-26-20(17)31)29-21(32)16-9-7-6-8-10-16/h6-10,12-15,18,22H,5,11H2,1-4H3,(H,28,33)(H,25,26,29,32)/t15-,18+,22+,24-/m0/s1. The average Bonchev–Trinajstić information content (AvgIpc) is 3.47. The van der Waals surface area contributed by atoms with Gasteiger partial charge in [0.25, 0.3) is 5.91 Å². The van der Waals surface area contributed by atoms with Gasteiger partial charge in [-0.3, -0.25) is 9.36 Å². The lowest BCUT2D eigenvalue weighted by Gasteiger charge is -2.38. The van der Waals surface area contributed by atoms with E-state index in [9.17, 15) is 9.59 Å². The molecule has 1 aromatic carbocycles. The number of nitrogens with zero attached hydrogens (tertiary/aromatic N) is 5. The van der Waals surface area contributed by atoms with E-state index < -0.39 is 11.8 Å². The highest BCUT2D eigenvalue weighted by atomic mass is 16.5. The van der Waals surface area contributed by atoms with Crippen molar-refractivity contribution in [2.45, 2.75) is 58.0 Å². The van der Waals surface area contributed by atoms with Crippen molar-refractivity contribution in [3.63, 3.8) is 0 Å². The minimum atomic E-state index is -0.445. The number of benzene rings is 1. The predicted octanol–water partition coefficient (Wildman–Crippen LogP) is 3.19. The molecule has 2 bridgehead atoms. The van der Waals surface area contributed by atoms with E-state index in [-0.39, 0.29) is 29.9 Å². The molecule has 2 N–H and O–H groups in total. The van der Waals surface area contributed by atoms with Crippen molar-refractivity contribution < 1.29 is 14.3 Å². The number of nitrogens with one attached hydrogen (secondary N) is 2. The Bertz CT molecular complexity index is 1230. The minimum absolute atomic E-state index is 0.0384. The Morgan fingerprint density at radius 2 is 1.97 bits per heavy atom. The first-order valence-electron chi connectivity index (χ1n) is 11.6. The molecule has 0 unspecified atom stereocenters. The van der Waals surface area contributed by atoms with Gasteiger partial charge in [-0.25, -0.2) is 19.7 Å². The number of anilines is 1. The van der Waals surface area contributed by atoms with Crippen LogP contribution in [0.1, 0.15) is 50.7 Å². The van der Waals surface area contributed by atoms with E-state index in [0.29, 0.717) is 29.1 Å². The molecule has 2 fully saturated rings. The zero-order valence-corrected chi connectivity index (χ0v) is 19.7. The Balaban J connectivity index is 1.48. The molecule has 4 heterocycles. The Morgan fingerprint density at radius 1 is 1.21 bits per heavy atom. The molecule has 0 radical (unpaired) electrons. The Kier molecular flexibility index (Phi) is 5.47. The SMILES string of the molecule is CC[C@@]12CN(C(=O)NC(C)C)[C@@H]([C@H](n3cnc4c(NC(=O)c5ccccc5)ncnc43)O1)[C@@H]2C. The first-order chi connectivity index (χ1) is 16.3. The van der Waals surface area contributed by atoms with E-state index in [1.54, 1.807) is 30.6 Å². The number of carbonyl (C=O) groups is 2. The number of imidazole rings is 1. The predicted molar refractivity (Wildman–Crippen MR) is 126 cm³/mol. The van der Waals surface area contributed by atoms with Crippen molar-refractivity contribution in [3.05, 3.63) is 48.5 Å². The minimum Gasteiger partial charge on any atom is -0.347 e. The van der Waals surface area contributed by atoms with Crippen molar-refractivity contribution in [2.75, 3.05) is 11.9 Å². The van der Waals surface area contributed by atoms with Gasteiger partial charge in [0.15, 0.2) is 23.2 Å². The topological polar surface area (TPSA) is 114 Å². The average molecular weight is 464 g/mol. The van der Waals surface area contributed by atoms with Crippen LogP contribution in [0, 0.1) is 5.92 Å². The van der Waals surface area contributed by atoms with Crippen LogP contribution in [-0.4, -0.2) is 60.6 Å². The van der Waals surface area contributed by atoms with Gasteiger partial charge in [-0.2, -0.15) is 0 Å². The fourth-order valence-corrected chi connectivity index (χ4v) is 5.15. The molecule has 2 saturated heterocycles. The fourth-order valence-electron chi connectivity index (χ4n) is 5.15. The number of hydrogen-bond acceptors (Lipinski definition) is 6. The number of amides is 3. The van der Waals surface area contributed by atoms with Crippen LogP contribution >= 0.6 is 0 Å². The third-order valence-electron chi connectivity index (χ3n) is 6.96. The molecule has 0 saturated carbocycles. The molecule has 2 aliphatic rings. The molecule has 178 valence electrons. The lowest BCUT2D eigenvalue weighted by molar-refractivity contribution is -0.122. The molecular weight excluding hydrogens is 434 g/mol. The molecule has 5 rings (SSSR count). The fraction of sp³-hybridized carbons (Fsp3) is 0.458. The van der Waals surface area contributed by atoms with Crippen molar-refractivity contribution in [3.8, 4) is 0 Å². The monoisotopic (exact) mass is 463 g/mol. The van der Waals surface area contributed by atoms with E-state index in [0.717, 1.165) is 6.42 Å². The van der Waals surface area contributed by atoms with E-state index in [4.69, 9.17) is 4.74 Å². The van der Waals surface area contributed by atoms with Crippen LogP contribution in [0.25, 0.3) is 11.2 Å². The first kappa shape index (κ1) is 22.3. The Morgan fingerprint density at radius 3 is 2.65 bits per heavy atom. The highest BCUT2D eigenvalue weighted by Crippen LogP contribution is 2.52. The summed E-state index contributed by atoms with van der Waals surface area (Å²) in [6.07, 6.45) is 3.39. The maximum absolute atomic E-state index is 13.0. The third-order valence-corrected chi connectivity index (χ3v) is 6.96. The van der Waals surface area contributed by atoms with E-state index in [1.807, 2.05) is 29.4 Å². The van der Waals surface area contributed by atoms with Crippen LogP contribution in [0.5, 0.6) is 0 Å². The van der Waals surface area contributed by atoms with Crippen molar-refractivity contribution in [2.24, 2.45) is 5.92 Å². The number of aromatic nitrogens is 4. The number of carbonyl (C=O) groups excluding carboxylic acids is 2. The van der Waals surface area contributed by atoms with Gasteiger partial charge >= 0.3 is 6.03 Å². The zero-order chi connectivity index (χ0) is 24.0. The molecular formula is C24H29N7O3. The summed E-state index contributed by atoms with van der Waals surface area (Å²) in [5.74, 6) is 0.187. The quantitative estimate of drug-likeness (QED) is 0.601. The number of fused-ring (bicyclic) bond motifs is 3. The first-order valence-corrected chi connectivity index (χ1v) is 11.6. The van der Waals surface area contributed by atoms with Gasteiger partial charge in [0.2, 0.25) is 0 Å². The normalized spacial score (nSPS) is 25.8. The maximum atomic E-state index is 13.0. The smallest absolute Gasteiger partial charge is 0.318 e. The van der Waals surface area contributed by atoms with Crippen LogP contribution < -0.4 is 10.6 Å². The molecule has 34 heavy (non-hydrogen) atoms. The summed E-state index contributed by atoms with van der Waals surface area (Å²) < 4.78 is 8.44. The maximum Gasteiger partial charge on any atom is 0.318 e. The van der Waals surface area contributed by atoms with Gasteiger partial charge in [0.05, 0.1) is 24.5 Å². The zero-order valence-electron chi connectivity index (χ0n) is 19.7. The van der Waals surface area contributed by atoms with Crippen molar-refractivity contribution >= 4 is 28.9 Å². The molecule has 0 aliphatic carbocycles. The highest BCUT2D eigenvalue weighted by Gasteiger charge is 2.62. The van der Waals surface area contributed by atoms with E-state index in [2.05, 4.69) is 39.4 Å². The molecule has 10 heteroatoms. The molecule has 0 spiro atoms.